The fourth-order valence-corrected chi connectivity index (χ4v) is 5.21. The number of aryl methyl sites for hydroxylation is 2. The van der Waals surface area contributed by atoms with E-state index < -0.39 is 0 Å². The summed E-state index contributed by atoms with van der Waals surface area (Å²) in [6, 6.07) is 16.7. The Kier molecular flexibility index (Phi) is 4.96. The molecular formula is C28H32N4O. The number of fused-ring (bicyclic) bond motifs is 2. The van der Waals surface area contributed by atoms with Crippen LogP contribution in [0, 0.1) is 19.3 Å². The van der Waals surface area contributed by atoms with E-state index in [2.05, 4.69) is 79.5 Å². The van der Waals surface area contributed by atoms with Gasteiger partial charge in [-0.15, -0.1) is 0 Å². The Balaban J connectivity index is 1.70. The normalized spacial score (nSPS) is 19.1. The van der Waals surface area contributed by atoms with Gasteiger partial charge in [0.1, 0.15) is 5.82 Å². The fourth-order valence-electron chi connectivity index (χ4n) is 5.21. The average molecular weight is 441 g/mol. The van der Waals surface area contributed by atoms with Crippen LogP contribution in [0.25, 0.3) is 11.3 Å². The summed E-state index contributed by atoms with van der Waals surface area (Å²) in [5, 5.41) is 8.65. The summed E-state index contributed by atoms with van der Waals surface area (Å²) in [4.78, 5) is 15.6. The molecule has 170 valence electrons. The van der Waals surface area contributed by atoms with Gasteiger partial charge in [0.15, 0.2) is 5.78 Å². The topological polar surface area (TPSA) is 50.2 Å². The highest BCUT2D eigenvalue weighted by Crippen LogP contribution is 2.51. The van der Waals surface area contributed by atoms with Crippen LogP contribution in [0.3, 0.4) is 0 Å². The van der Waals surface area contributed by atoms with E-state index in [4.69, 9.17) is 5.10 Å². The molecule has 3 aromatic rings. The minimum absolute atomic E-state index is 0.0672. The zero-order valence-electron chi connectivity index (χ0n) is 20.4. The number of aromatic nitrogens is 2. The van der Waals surface area contributed by atoms with E-state index in [9.17, 15) is 4.79 Å². The first-order chi connectivity index (χ1) is 15.6. The molecule has 0 fully saturated rings. The molecule has 1 N–H and O–H groups in total. The number of benzene rings is 2. The van der Waals surface area contributed by atoms with Crippen molar-refractivity contribution in [2.24, 2.45) is 5.41 Å². The Bertz CT molecular complexity index is 1260. The molecule has 1 unspecified atom stereocenters. The number of carbonyl (C=O) groups is 1. The largest absolute Gasteiger partial charge is 0.378 e. The van der Waals surface area contributed by atoms with Crippen LogP contribution < -0.4 is 10.2 Å². The van der Waals surface area contributed by atoms with Gasteiger partial charge in [0.25, 0.3) is 0 Å². The van der Waals surface area contributed by atoms with Crippen LogP contribution in [0.5, 0.6) is 0 Å². The number of Topliss-reactive ketones (excluding diaryl/α,β-unsaturated/α-hetero) is 1. The number of nitrogens with one attached hydrogen (secondary N) is 1. The summed E-state index contributed by atoms with van der Waals surface area (Å²) in [5.74, 6) is 1.21. The van der Waals surface area contributed by atoms with Crippen molar-refractivity contribution in [1.29, 1.82) is 0 Å². The number of carbonyl (C=O) groups excluding carboxylic acids is 1. The van der Waals surface area contributed by atoms with Crippen molar-refractivity contribution in [3.63, 3.8) is 0 Å². The van der Waals surface area contributed by atoms with Gasteiger partial charge in [-0.05, 0) is 61.1 Å². The maximum Gasteiger partial charge on any atom is 0.162 e. The number of hydrogen-bond acceptors (Lipinski definition) is 4. The molecule has 0 spiro atoms. The molecule has 0 saturated carbocycles. The van der Waals surface area contributed by atoms with Crippen LogP contribution in [0.2, 0.25) is 0 Å². The molecule has 33 heavy (non-hydrogen) atoms. The van der Waals surface area contributed by atoms with Crippen LogP contribution >= 0.6 is 0 Å². The molecule has 1 aromatic heterocycles. The lowest BCUT2D eigenvalue weighted by atomic mass is 9.68. The summed E-state index contributed by atoms with van der Waals surface area (Å²) in [6.45, 7) is 8.52. The SMILES string of the molecule is Cc1ccc(-n2nc(C)c3c2NC(c2ccc(N(C)C)cc2)C2=C3CC(C)(C)CC2=O)cc1. The number of nitrogens with zero attached hydrogens (tertiary/aromatic N) is 3. The molecule has 1 aliphatic heterocycles. The second kappa shape index (κ2) is 7.62. The molecule has 5 rings (SSSR count). The molecule has 2 aliphatic rings. The van der Waals surface area contributed by atoms with Gasteiger partial charge in [0.05, 0.1) is 17.4 Å². The first-order valence-corrected chi connectivity index (χ1v) is 11.6. The zero-order valence-corrected chi connectivity index (χ0v) is 20.4. The molecule has 1 aliphatic carbocycles. The van der Waals surface area contributed by atoms with Crippen LogP contribution in [0.1, 0.15) is 55.1 Å². The minimum Gasteiger partial charge on any atom is -0.378 e. The Labute approximate surface area is 196 Å². The second-order valence-electron chi connectivity index (χ2n) is 10.5. The first-order valence-electron chi connectivity index (χ1n) is 11.6. The molecule has 2 aromatic carbocycles. The van der Waals surface area contributed by atoms with Gasteiger partial charge in [0.2, 0.25) is 0 Å². The molecular weight excluding hydrogens is 408 g/mol. The Morgan fingerprint density at radius 3 is 2.30 bits per heavy atom. The monoisotopic (exact) mass is 440 g/mol. The second-order valence-corrected chi connectivity index (χ2v) is 10.5. The maximum absolute atomic E-state index is 13.5. The lowest BCUT2D eigenvalue weighted by Crippen LogP contribution is -2.33. The van der Waals surface area contributed by atoms with Gasteiger partial charge < -0.3 is 10.2 Å². The fraction of sp³-hybridized carbons (Fsp3) is 0.357. The van der Waals surface area contributed by atoms with Crippen LogP contribution in [-0.2, 0) is 4.79 Å². The minimum atomic E-state index is -0.187. The Morgan fingerprint density at radius 1 is 1.00 bits per heavy atom. The van der Waals surface area contributed by atoms with Crippen molar-refractivity contribution >= 4 is 22.9 Å². The number of anilines is 2. The van der Waals surface area contributed by atoms with E-state index in [0.717, 1.165) is 51.6 Å². The van der Waals surface area contributed by atoms with Crippen LogP contribution in [0.4, 0.5) is 11.5 Å². The summed E-state index contributed by atoms with van der Waals surface area (Å²) in [5.41, 5.74) is 8.51. The van der Waals surface area contributed by atoms with E-state index in [0.29, 0.717) is 6.42 Å². The number of rotatable bonds is 3. The van der Waals surface area contributed by atoms with Crippen molar-refractivity contribution in [2.45, 2.75) is 46.6 Å². The lowest BCUT2D eigenvalue weighted by Gasteiger charge is -2.39. The summed E-state index contributed by atoms with van der Waals surface area (Å²) < 4.78 is 2.00. The molecule has 1 atom stereocenters. The van der Waals surface area contributed by atoms with Crippen molar-refractivity contribution < 1.29 is 4.79 Å². The first kappa shape index (κ1) is 21.5. The highest BCUT2D eigenvalue weighted by atomic mass is 16.1. The predicted octanol–water partition coefficient (Wildman–Crippen LogP) is 5.86. The Morgan fingerprint density at radius 2 is 1.67 bits per heavy atom. The standard InChI is InChI=1S/C28H32N4O/c1-17-7-11-21(12-8-17)32-27-24(18(2)30-32)22-15-28(3,4)16-23(33)25(22)26(29-27)19-9-13-20(14-10-19)31(5)6/h7-14,26,29H,15-16H2,1-6H3. The third-order valence-corrected chi connectivity index (χ3v) is 6.87. The third-order valence-electron chi connectivity index (χ3n) is 6.87. The van der Waals surface area contributed by atoms with Gasteiger partial charge >= 0.3 is 0 Å². The van der Waals surface area contributed by atoms with E-state index >= 15 is 0 Å². The average Bonchev–Trinajstić information content (AvgIpc) is 3.09. The van der Waals surface area contributed by atoms with Crippen LogP contribution in [-0.4, -0.2) is 29.7 Å². The van der Waals surface area contributed by atoms with Crippen LogP contribution in [0.15, 0.2) is 54.1 Å². The zero-order chi connectivity index (χ0) is 23.5. The van der Waals surface area contributed by atoms with Gasteiger partial charge in [-0.25, -0.2) is 4.68 Å². The predicted molar refractivity (Wildman–Crippen MR) is 135 cm³/mol. The molecule has 2 heterocycles. The number of hydrogen-bond donors (Lipinski definition) is 1. The van der Waals surface area contributed by atoms with Gasteiger partial charge in [0, 0.05) is 37.3 Å². The molecule has 0 amide bonds. The molecule has 0 bridgehead atoms. The molecule has 0 saturated heterocycles. The number of ketones is 1. The Hall–Kier alpha value is -3.34. The van der Waals surface area contributed by atoms with Crippen molar-refractivity contribution in [1.82, 2.24) is 9.78 Å². The smallest absolute Gasteiger partial charge is 0.162 e. The maximum atomic E-state index is 13.5. The highest BCUT2D eigenvalue weighted by molar-refractivity contribution is 6.09. The van der Waals surface area contributed by atoms with Crippen molar-refractivity contribution in [3.8, 4) is 5.69 Å². The summed E-state index contributed by atoms with van der Waals surface area (Å²) >= 11 is 0. The van der Waals surface area contributed by atoms with E-state index in [1.54, 1.807) is 0 Å². The van der Waals surface area contributed by atoms with Crippen molar-refractivity contribution in [2.75, 3.05) is 24.3 Å². The van der Waals surface area contributed by atoms with Crippen molar-refractivity contribution in [3.05, 3.63) is 76.5 Å². The van der Waals surface area contributed by atoms with E-state index in [-0.39, 0.29) is 17.2 Å². The molecule has 5 heteroatoms. The van der Waals surface area contributed by atoms with Gasteiger partial charge in [-0.3, -0.25) is 4.79 Å². The quantitative estimate of drug-likeness (QED) is 0.554. The third kappa shape index (κ3) is 3.65. The van der Waals surface area contributed by atoms with Gasteiger partial charge in [-0.2, -0.15) is 5.10 Å². The van der Waals surface area contributed by atoms with Gasteiger partial charge in [-0.1, -0.05) is 43.7 Å². The number of allylic oxidation sites excluding steroid dienone is 1. The summed E-state index contributed by atoms with van der Waals surface area (Å²) in [6.07, 6.45) is 1.44. The highest BCUT2D eigenvalue weighted by Gasteiger charge is 2.42. The van der Waals surface area contributed by atoms with E-state index in [1.165, 1.54) is 5.56 Å². The molecule has 0 radical (unpaired) electrons. The summed E-state index contributed by atoms with van der Waals surface area (Å²) in [7, 11) is 4.08. The molecule has 5 nitrogen and oxygen atoms in total. The lowest BCUT2D eigenvalue weighted by molar-refractivity contribution is -0.118. The van der Waals surface area contributed by atoms with E-state index in [1.807, 2.05) is 25.7 Å².